The number of carbonyl (C=O) groups excluding carboxylic acids is 2. The largest absolute Gasteiger partial charge is 0.345 e. The molecule has 3 rings (SSSR count). The smallest absolute Gasteiger partial charge is 0.255 e. The molecule has 0 aliphatic carbocycles. The Balaban J connectivity index is 1.77. The minimum Gasteiger partial charge on any atom is -0.345 e. The Kier molecular flexibility index (Phi) is 5.89. The number of hydrogen-bond donors (Lipinski definition) is 2. The van der Waals surface area contributed by atoms with Crippen molar-refractivity contribution in [2.45, 2.75) is 13.0 Å². The fourth-order valence-corrected chi connectivity index (χ4v) is 2.90. The molecule has 3 aromatic carbocycles. The summed E-state index contributed by atoms with van der Waals surface area (Å²) in [5, 5.41) is 6.23. The van der Waals surface area contributed by atoms with Crippen LogP contribution in [0.2, 0.25) is 5.02 Å². The van der Waals surface area contributed by atoms with Crippen LogP contribution >= 0.6 is 11.6 Å². The first-order chi connectivity index (χ1) is 13.0. The van der Waals surface area contributed by atoms with Gasteiger partial charge < -0.3 is 10.6 Å². The van der Waals surface area contributed by atoms with Crippen molar-refractivity contribution in [2.75, 3.05) is 5.32 Å². The van der Waals surface area contributed by atoms with Crippen LogP contribution in [0, 0.1) is 0 Å². The number of anilines is 1. The van der Waals surface area contributed by atoms with Crippen molar-refractivity contribution >= 4 is 29.1 Å². The molecule has 0 saturated carbocycles. The van der Waals surface area contributed by atoms with E-state index >= 15 is 0 Å². The van der Waals surface area contributed by atoms with Gasteiger partial charge in [0.05, 0.1) is 17.3 Å². The number of nitrogens with one attached hydrogen (secondary N) is 2. The Morgan fingerprint density at radius 3 is 2.30 bits per heavy atom. The van der Waals surface area contributed by atoms with Gasteiger partial charge in [0.15, 0.2) is 0 Å². The Hall–Kier alpha value is -3.11. The van der Waals surface area contributed by atoms with Crippen LogP contribution < -0.4 is 10.6 Å². The summed E-state index contributed by atoms with van der Waals surface area (Å²) in [6, 6.07) is 23.1. The third-order valence-corrected chi connectivity index (χ3v) is 4.39. The number of rotatable bonds is 5. The maximum Gasteiger partial charge on any atom is 0.255 e. The second kappa shape index (κ2) is 8.52. The summed E-state index contributed by atoms with van der Waals surface area (Å²) in [5.74, 6) is -0.581. The zero-order chi connectivity index (χ0) is 19.2. The Morgan fingerprint density at radius 1 is 0.852 bits per heavy atom. The average molecular weight is 379 g/mol. The summed E-state index contributed by atoms with van der Waals surface area (Å²) in [5.41, 5.74) is 2.28. The van der Waals surface area contributed by atoms with Crippen LogP contribution in [-0.2, 0) is 0 Å². The molecule has 27 heavy (non-hydrogen) atoms. The molecule has 5 heteroatoms. The summed E-state index contributed by atoms with van der Waals surface area (Å²) < 4.78 is 0. The molecule has 0 spiro atoms. The number of halogens is 1. The van der Waals surface area contributed by atoms with Gasteiger partial charge in [0.2, 0.25) is 0 Å². The molecule has 2 N–H and O–H groups in total. The van der Waals surface area contributed by atoms with E-state index in [1.165, 1.54) is 0 Å². The number of amides is 2. The van der Waals surface area contributed by atoms with Gasteiger partial charge in [-0.15, -0.1) is 0 Å². The summed E-state index contributed by atoms with van der Waals surface area (Å²) in [4.78, 5) is 25.2. The maximum absolute atomic E-state index is 12.7. The fraction of sp³-hybridized carbons (Fsp3) is 0.0909. The van der Waals surface area contributed by atoms with Crippen molar-refractivity contribution in [3.8, 4) is 0 Å². The summed E-state index contributed by atoms with van der Waals surface area (Å²) in [6.07, 6.45) is 0. The first kappa shape index (κ1) is 18.7. The Morgan fingerprint density at radius 2 is 1.56 bits per heavy atom. The van der Waals surface area contributed by atoms with Gasteiger partial charge in [-0.3, -0.25) is 9.59 Å². The Bertz CT molecular complexity index is 957. The number of hydrogen-bond acceptors (Lipinski definition) is 2. The molecular formula is C22H19ClN2O2. The maximum atomic E-state index is 12.7. The van der Waals surface area contributed by atoms with Crippen LogP contribution in [0.4, 0.5) is 5.69 Å². The molecule has 0 aliphatic rings. The molecule has 4 nitrogen and oxygen atoms in total. The lowest BCUT2D eigenvalue weighted by atomic mass is 10.1. The van der Waals surface area contributed by atoms with Crippen LogP contribution in [0.25, 0.3) is 0 Å². The van der Waals surface area contributed by atoms with Crippen molar-refractivity contribution in [2.24, 2.45) is 0 Å². The average Bonchev–Trinajstić information content (AvgIpc) is 2.69. The first-order valence-electron chi connectivity index (χ1n) is 8.56. The van der Waals surface area contributed by atoms with Crippen molar-refractivity contribution in [1.29, 1.82) is 0 Å². The molecule has 3 aromatic rings. The molecule has 2 amide bonds. The molecule has 0 heterocycles. The lowest BCUT2D eigenvalue weighted by Gasteiger charge is -2.16. The molecule has 136 valence electrons. The molecule has 1 atom stereocenters. The van der Waals surface area contributed by atoms with E-state index in [0.29, 0.717) is 21.8 Å². The molecular weight excluding hydrogens is 360 g/mol. The van der Waals surface area contributed by atoms with Crippen molar-refractivity contribution < 1.29 is 9.59 Å². The van der Waals surface area contributed by atoms with Gasteiger partial charge in [0.25, 0.3) is 11.8 Å². The number of carbonyl (C=O) groups is 2. The number of benzene rings is 3. The molecule has 0 saturated heterocycles. The van der Waals surface area contributed by atoms with Crippen molar-refractivity contribution in [1.82, 2.24) is 5.32 Å². The van der Waals surface area contributed by atoms with Crippen molar-refractivity contribution in [3.63, 3.8) is 0 Å². The molecule has 0 aliphatic heterocycles. The zero-order valence-electron chi connectivity index (χ0n) is 14.8. The summed E-state index contributed by atoms with van der Waals surface area (Å²) in [6.45, 7) is 1.92. The van der Waals surface area contributed by atoms with Gasteiger partial charge in [-0.2, -0.15) is 0 Å². The third kappa shape index (κ3) is 4.74. The van der Waals surface area contributed by atoms with Gasteiger partial charge in [-0.1, -0.05) is 60.1 Å². The molecule has 0 fully saturated rings. The molecule has 0 radical (unpaired) electrons. The highest BCUT2D eigenvalue weighted by Crippen LogP contribution is 2.19. The highest BCUT2D eigenvalue weighted by atomic mass is 35.5. The van der Waals surface area contributed by atoms with Gasteiger partial charge >= 0.3 is 0 Å². The van der Waals surface area contributed by atoms with E-state index in [9.17, 15) is 9.59 Å². The topological polar surface area (TPSA) is 58.2 Å². The normalized spacial score (nSPS) is 11.5. The zero-order valence-corrected chi connectivity index (χ0v) is 15.5. The van der Waals surface area contributed by atoms with Crippen LogP contribution in [0.1, 0.15) is 39.2 Å². The lowest BCUT2D eigenvalue weighted by Crippen LogP contribution is -2.28. The second-order valence-electron chi connectivity index (χ2n) is 6.12. The SMILES string of the molecule is C[C@H](NC(=O)c1ccccc1NC(=O)c1cccc(Cl)c1)c1ccccc1. The van der Waals surface area contributed by atoms with Crippen LogP contribution in [0.15, 0.2) is 78.9 Å². The van der Waals surface area contributed by atoms with E-state index in [1.54, 1.807) is 48.5 Å². The highest BCUT2D eigenvalue weighted by Gasteiger charge is 2.16. The minimum absolute atomic E-state index is 0.157. The molecule has 0 unspecified atom stereocenters. The number of para-hydroxylation sites is 1. The van der Waals surface area contributed by atoms with E-state index in [1.807, 2.05) is 37.3 Å². The van der Waals surface area contributed by atoms with Crippen molar-refractivity contribution in [3.05, 3.63) is 101 Å². The summed E-state index contributed by atoms with van der Waals surface area (Å²) >= 11 is 5.95. The highest BCUT2D eigenvalue weighted by molar-refractivity contribution is 6.31. The van der Waals surface area contributed by atoms with Gasteiger partial charge in [-0.05, 0) is 42.8 Å². The van der Waals surface area contributed by atoms with Crippen LogP contribution in [-0.4, -0.2) is 11.8 Å². The standard InChI is InChI=1S/C22H19ClN2O2/c1-15(16-8-3-2-4-9-16)24-22(27)19-12-5-6-13-20(19)25-21(26)17-10-7-11-18(23)14-17/h2-15H,1H3,(H,24,27)(H,25,26)/t15-/m0/s1. The van der Waals surface area contributed by atoms with Gasteiger partial charge in [0, 0.05) is 10.6 Å². The summed E-state index contributed by atoms with van der Waals surface area (Å²) in [7, 11) is 0. The molecule has 0 aromatic heterocycles. The van der Waals surface area contributed by atoms with Crippen LogP contribution in [0.5, 0.6) is 0 Å². The predicted octanol–water partition coefficient (Wildman–Crippen LogP) is 5.08. The van der Waals surface area contributed by atoms with Gasteiger partial charge in [0.1, 0.15) is 0 Å². The Labute approximate surface area is 163 Å². The van der Waals surface area contributed by atoms with E-state index in [2.05, 4.69) is 10.6 Å². The molecule has 0 bridgehead atoms. The second-order valence-corrected chi connectivity index (χ2v) is 6.55. The quantitative estimate of drug-likeness (QED) is 0.650. The third-order valence-electron chi connectivity index (χ3n) is 4.15. The first-order valence-corrected chi connectivity index (χ1v) is 8.94. The van der Waals surface area contributed by atoms with E-state index < -0.39 is 0 Å². The monoisotopic (exact) mass is 378 g/mol. The van der Waals surface area contributed by atoms with E-state index in [0.717, 1.165) is 5.56 Å². The van der Waals surface area contributed by atoms with E-state index in [4.69, 9.17) is 11.6 Å². The fourth-order valence-electron chi connectivity index (χ4n) is 2.71. The van der Waals surface area contributed by atoms with E-state index in [-0.39, 0.29) is 17.9 Å². The minimum atomic E-state index is -0.325. The van der Waals surface area contributed by atoms with Gasteiger partial charge in [-0.25, -0.2) is 0 Å². The lowest BCUT2D eigenvalue weighted by molar-refractivity contribution is 0.0941. The predicted molar refractivity (Wildman–Crippen MR) is 108 cm³/mol. The van der Waals surface area contributed by atoms with Crippen LogP contribution in [0.3, 0.4) is 0 Å².